The quantitative estimate of drug-likeness (QED) is 0.755. The lowest BCUT2D eigenvalue weighted by atomic mass is 9.88. The molecule has 0 aromatic heterocycles. The Morgan fingerprint density at radius 3 is 2.61 bits per heavy atom. The van der Waals surface area contributed by atoms with Crippen molar-refractivity contribution in [3.63, 3.8) is 0 Å². The Balaban J connectivity index is 2.34. The predicted molar refractivity (Wildman–Crippen MR) is 68.5 cm³/mol. The summed E-state index contributed by atoms with van der Waals surface area (Å²) in [6, 6.07) is -0.776. The molecule has 0 spiro atoms. The summed E-state index contributed by atoms with van der Waals surface area (Å²) in [6.07, 6.45) is 8.15. The van der Waals surface area contributed by atoms with Gasteiger partial charge in [-0.2, -0.15) is 0 Å². The lowest BCUT2D eigenvalue weighted by Crippen LogP contribution is -2.71. The van der Waals surface area contributed by atoms with Gasteiger partial charge >= 0.3 is 0 Å². The highest BCUT2D eigenvalue weighted by atomic mass is 16.2. The number of nitrogens with zero attached hydrogens (tertiary/aromatic N) is 1. The van der Waals surface area contributed by atoms with Gasteiger partial charge in [-0.25, -0.2) is 0 Å². The van der Waals surface area contributed by atoms with Crippen molar-refractivity contribution in [3.05, 3.63) is 0 Å². The van der Waals surface area contributed by atoms with Crippen LogP contribution in [-0.4, -0.2) is 34.3 Å². The van der Waals surface area contributed by atoms with E-state index in [1.165, 1.54) is 0 Å². The van der Waals surface area contributed by atoms with Gasteiger partial charge in [0.15, 0.2) is 0 Å². The summed E-state index contributed by atoms with van der Waals surface area (Å²) in [7, 11) is 0. The fourth-order valence-electron chi connectivity index (χ4n) is 2.73. The Kier molecular flexibility index (Phi) is 3.10. The van der Waals surface area contributed by atoms with Crippen LogP contribution in [0.2, 0.25) is 0 Å². The molecular weight excluding hydrogens is 228 g/mol. The van der Waals surface area contributed by atoms with Crippen LogP contribution in [-0.2, 0) is 9.59 Å². The maximum absolute atomic E-state index is 12.7. The molecule has 2 rings (SSSR count). The van der Waals surface area contributed by atoms with E-state index in [0.717, 1.165) is 12.8 Å². The van der Waals surface area contributed by atoms with Gasteiger partial charge < -0.3 is 10.2 Å². The highest BCUT2D eigenvalue weighted by Gasteiger charge is 2.55. The number of hydrogen-bond acceptors (Lipinski definition) is 2. The SMILES string of the molecule is C#CC(CC)N1C(=O)C(C)(C2CC2)NC(=O)C1C. The van der Waals surface area contributed by atoms with Crippen molar-refractivity contribution in [1.29, 1.82) is 0 Å². The first-order chi connectivity index (χ1) is 8.45. The molecule has 4 heteroatoms. The third kappa shape index (κ3) is 1.78. The van der Waals surface area contributed by atoms with Gasteiger partial charge in [0.2, 0.25) is 11.8 Å². The van der Waals surface area contributed by atoms with Crippen LogP contribution in [0, 0.1) is 18.3 Å². The zero-order valence-corrected chi connectivity index (χ0v) is 11.2. The predicted octanol–water partition coefficient (Wildman–Crippen LogP) is 0.914. The Bertz CT molecular complexity index is 422. The van der Waals surface area contributed by atoms with Crippen LogP contribution in [0.4, 0.5) is 0 Å². The summed E-state index contributed by atoms with van der Waals surface area (Å²) < 4.78 is 0. The molecule has 1 saturated carbocycles. The van der Waals surface area contributed by atoms with Gasteiger partial charge in [0.1, 0.15) is 11.6 Å². The second-order valence-electron chi connectivity index (χ2n) is 5.44. The van der Waals surface area contributed by atoms with Gasteiger partial charge in [-0.1, -0.05) is 12.8 Å². The molecule has 0 aromatic carbocycles. The molecule has 0 aromatic rings. The average molecular weight is 248 g/mol. The van der Waals surface area contributed by atoms with E-state index < -0.39 is 11.6 Å². The molecule has 98 valence electrons. The molecule has 3 atom stereocenters. The van der Waals surface area contributed by atoms with E-state index in [4.69, 9.17) is 6.42 Å². The standard InChI is InChI=1S/C14H20N2O2/c1-5-11(6-2)16-9(3)12(17)15-14(4,13(16)18)10-7-8-10/h1,9-11H,6-8H2,2-4H3,(H,15,17). The van der Waals surface area contributed by atoms with E-state index in [1.807, 2.05) is 13.8 Å². The van der Waals surface area contributed by atoms with Crippen molar-refractivity contribution in [2.24, 2.45) is 5.92 Å². The van der Waals surface area contributed by atoms with Gasteiger partial charge in [0.05, 0.1) is 6.04 Å². The lowest BCUT2D eigenvalue weighted by Gasteiger charge is -2.45. The fourth-order valence-corrected chi connectivity index (χ4v) is 2.73. The van der Waals surface area contributed by atoms with Crippen molar-refractivity contribution >= 4 is 11.8 Å². The average Bonchev–Trinajstić information content (AvgIpc) is 3.16. The molecule has 0 radical (unpaired) electrons. The molecule has 0 bridgehead atoms. The summed E-state index contributed by atoms with van der Waals surface area (Å²) in [5.41, 5.74) is -0.756. The minimum Gasteiger partial charge on any atom is -0.340 e. The van der Waals surface area contributed by atoms with Crippen molar-refractivity contribution in [1.82, 2.24) is 10.2 Å². The van der Waals surface area contributed by atoms with Crippen LogP contribution in [0.3, 0.4) is 0 Å². The third-order valence-electron chi connectivity index (χ3n) is 4.17. The number of hydrogen-bond donors (Lipinski definition) is 1. The molecule has 2 aliphatic rings. The molecule has 1 aliphatic carbocycles. The molecule has 3 unspecified atom stereocenters. The molecule has 2 amide bonds. The van der Waals surface area contributed by atoms with E-state index in [-0.39, 0.29) is 23.8 Å². The summed E-state index contributed by atoms with van der Waals surface area (Å²) in [5.74, 6) is 2.76. The first kappa shape index (κ1) is 12.9. The maximum Gasteiger partial charge on any atom is 0.250 e. The van der Waals surface area contributed by atoms with E-state index in [0.29, 0.717) is 6.42 Å². The minimum atomic E-state index is -0.756. The van der Waals surface area contributed by atoms with Crippen LogP contribution in [0.5, 0.6) is 0 Å². The van der Waals surface area contributed by atoms with Crippen molar-refractivity contribution in [2.75, 3.05) is 0 Å². The highest BCUT2D eigenvalue weighted by molar-refractivity contribution is 6.00. The first-order valence-corrected chi connectivity index (χ1v) is 6.56. The summed E-state index contributed by atoms with van der Waals surface area (Å²) in [6.45, 7) is 5.50. The van der Waals surface area contributed by atoms with Gasteiger partial charge in [-0.05, 0) is 39.0 Å². The molecule has 1 heterocycles. The monoisotopic (exact) mass is 248 g/mol. The van der Waals surface area contributed by atoms with Gasteiger partial charge in [-0.15, -0.1) is 6.42 Å². The summed E-state index contributed by atoms with van der Waals surface area (Å²) >= 11 is 0. The Morgan fingerprint density at radius 1 is 1.56 bits per heavy atom. The van der Waals surface area contributed by atoms with Gasteiger partial charge in [0.25, 0.3) is 0 Å². The van der Waals surface area contributed by atoms with Gasteiger partial charge in [-0.3, -0.25) is 9.59 Å². The summed E-state index contributed by atoms with van der Waals surface area (Å²) in [4.78, 5) is 26.3. The number of carbonyl (C=O) groups excluding carboxylic acids is 2. The van der Waals surface area contributed by atoms with E-state index in [9.17, 15) is 9.59 Å². The lowest BCUT2D eigenvalue weighted by molar-refractivity contribution is -0.156. The van der Waals surface area contributed by atoms with E-state index in [1.54, 1.807) is 11.8 Å². The van der Waals surface area contributed by atoms with E-state index in [2.05, 4.69) is 11.2 Å². The third-order valence-corrected chi connectivity index (χ3v) is 4.17. The van der Waals surface area contributed by atoms with Crippen LogP contribution in [0.25, 0.3) is 0 Å². The van der Waals surface area contributed by atoms with Crippen LogP contribution in [0.1, 0.15) is 40.0 Å². The van der Waals surface area contributed by atoms with E-state index >= 15 is 0 Å². The molecule has 18 heavy (non-hydrogen) atoms. The zero-order chi connectivity index (χ0) is 13.5. The second-order valence-corrected chi connectivity index (χ2v) is 5.44. The van der Waals surface area contributed by atoms with Crippen molar-refractivity contribution < 1.29 is 9.59 Å². The normalized spacial score (nSPS) is 33.9. The number of amides is 2. The number of piperazine rings is 1. The second kappa shape index (κ2) is 4.31. The van der Waals surface area contributed by atoms with Crippen LogP contribution in [0.15, 0.2) is 0 Å². The highest BCUT2D eigenvalue weighted by Crippen LogP contribution is 2.42. The topological polar surface area (TPSA) is 49.4 Å². The number of nitrogens with one attached hydrogen (secondary N) is 1. The van der Waals surface area contributed by atoms with Crippen LogP contribution >= 0.6 is 0 Å². The molecule has 1 N–H and O–H groups in total. The Labute approximate surface area is 108 Å². The molecule has 1 aliphatic heterocycles. The fraction of sp³-hybridized carbons (Fsp3) is 0.714. The Hall–Kier alpha value is -1.50. The molecule has 1 saturated heterocycles. The summed E-state index contributed by atoms with van der Waals surface area (Å²) in [5, 5.41) is 2.89. The van der Waals surface area contributed by atoms with Crippen LogP contribution < -0.4 is 5.32 Å². The van der Waals surface area contributed by atoms with Crippen molar-refractivity contribution in [2.45, 2.75) is 57.7 Å². The smallest absolute Gasteiger partial charge is 0.250 e. The largest absolute Gasteiger partial charge is 0.340 e. The zero-order valence-electron chi connectivity index (χ0n) is 11.2. The van der Waals surface area contributed by atoms with Gasteiger partial charge in [0, 0.05) is 0 Å². The molecule has 2 fully saturated rings. The minimum absolute atomic E-state index is 0.0260. The molecule has 4 nitrogen and oxygen atoms in total. The number of terminal acetylenes is 1. The van der Waals surface area contributed by atoms with Crippen molar-refractivity contribution in [3.8, 4) is 12.3 Å². The maximum atomic E-state index is 12.7. The molecular formula is C14H20N2O2. The Morgan fingerprint density at radius 2 is 2.17 bits per heavy atom. The number of rotatable bonds is 3. The number of carbonyl (C=O) groups is 2. The first-order valence-electron chi connectivity index (χ1n) is 6.56.